The topological polar surface area (TPSA) is 118 Å². The smallest absolute Gasteiger partial charge is 0.333 e. The second kappa shape index (κ2) is 6.75. The number of amides is 4. The third kappa shape index (κ3) is 3.52. The Kier molecular flexibility index (Phi) is 4.64. The lowest BCUT2D eigenvalue weighted by Gasteiger charge is -2.16. The number of aromatic nitrogens is 3. The van der Waals surface area contributed by atoms with Crippen molar-refractivity contribution >= 4 is 22.1 Å². The largest absolute Gasteiger partial charge is 0.341 e. The van der Waals surface area contributed by atoms with Crippen LogP contribution in [0.15, 0.2) is 30.7 Å². The first-order chi connectivity index (χ1) is 12.3. The molecule has 2 aromatic rings. The van der Waals surface area contributed by atoms with Crippen molar-refractivity contribution in [1.29, 1.82) is 0 Å². The highest BCUT2D eigenvalue weighted by atomic mass is 32.2. The molecule has 4 amide bonds. The molecule has 2 aromatic heterocycles. The van der Waals surface area contributed by atoms with E-state index in [-0.39, 0.29) is 19.6 Å². The summed E-state index contributed by atoms with van der Waals surface area (Å²) in [5, 5.41) is 6.72. The number of rotatable bonds is 4. The first-order valence-electron chi connectivity index (χ1n) is 7.76. The number of carbonyl (C=O) groups is 2. The molecular weight excluding hydrogens is 360 g/mol. The van der Waals surface area contributed by atoms with Crippen molar-refractivity contribution in [1.82, 2.24) is 29.3 Å². The molecule has 1 aliphatic rings. The van der Waals surface area contributed by atoms with E-state index in [4.69, 9.17) is 0 Å². The summed E-state index contributed by atoms with van der Waals surface area (Å²) < 4.78 is 25.4. The first-order valence-corrected chi connectivity index (χ1v) is 9.61. The standard InChI is InChI=1S/C15H18N6O4S/c1-19-13(3-4-18-19)12-7-11(8-16-10-12)9-17-14(22)20-5-6-21(15(20)23)26(2,24)25/h3-4,7-8,10H,5-6,9H2,1-2H3,(H,17,22). The van der Waals surface area contributed by atoms with Gasteiger partial charge in [-0.1, -0.05) is 0 Å². The summed E-state index contributed by atoms with van der Waals surface area (Å²) in [6, 6.07) is 2.22. The van der Waals surface area contributed by atoms with E-state index in [2.05, 4.69) is 15.4 Å². The van der Waals surface area contributed by atoms with Gasteiger partial charge < -0.3 is 5.32 Å². The molecule has 1 N–H and O–H groups in total. The number of pyridine rings is 1. The molecule has 10 nitrogen and oxygen atoms in total. The monoisotopic (exact) mass is 378 g/mol. The summed E-state index contributed by atoms with van der Waals surface area (Å²) in [6.07, 6.45) is 5.91. The van der Waals surface area contributed by atoms with E-state index in [1.54, 1.807) is 23.3 Å². The van der Waals surface area contributed by atoms with Crippen LogP contribution in [0.1, 0.15) is 5.56 Å². The van der Waals surface area contributed by atoms with Crippen LogP contribution < -0.4 is 5.32 Å². The molecule has 3 heterocycles. The Balaban J connectivity index is 1.66. The summed E-state index contributed by atoms with van der Waals surface area (Å²) in [6.45, 7) is 0.133. The van der Waals surface area contributed by atoms with Crippen LogP contribution in [0, 0.1) is 0 Å². The second-order valence-corrected chi connectivity index (χ2v) is 7.76. The fourth-order valence-electron chi connectivity index (χ4n) is 2.67. The highest BCUT2D eigenvalue weighted by Gasteiger charge is 2.37. The van der Waals surface area contributed by atoms with Gasteiger partial charge in [0.05, 0.1) is 25.0 Å². The van der Waals surface area contributed by atoms with Crippen molar-refractivity contribution in [2.24, 2.45) is 7.05 Å². The van der Waals surface area contributed by atoms with Crippen LogP contribution in [-0.2, 0) is 23.6 Å². The summed E-state index contributed by atoms with van der Waals surface area (Å²) in [5.41, 5.74) is 2.46. The minimum Gasteiger partial charge on any atom is -0.333 e. The number of nitrogens with one attached hydrogen (secondary N) is 1. The van der Waals surface area contributed by atoms with Crippen LogP contribution in [0.2, 0.25) is 0 Å². The fraction of sp³-hybridized carbons (Fsp3) is 0.333. The van der Waals surface area contributed by atoms with Gasteiger partial charge >= 0.3 is 12.1 Å². The average Bonchev–Trinajstić information content (AvgIpc) is 3.18. The molecule has 0 unspecified atom stereocenters. The molecule has 11 heteroatoms. The maximum absolute atomic E-state index is 12.2. The lowest BCUT2D eigenvalue weighted by atomic mass is 10.1. The molecule has 0 aromatic carbocycles. The molecule has 3 rings (SSSR count). The predicted octanol–water partition coefficient (Wildman–Crippen LogP) is 0.389. The Hall–Kier alpha value is -2.95. The van der Waals surface area contributed by atoms with Crippen molar-refractivity contribution in [3.63, 3.8) is 0 Å². The SMILES string of the molecule is Cn1nccc1-c1cncc(CNC(=O)N2CCN(S(C)(=O)=O)C2=O)c1. The van der Waals surface area contributed by atoms with E-state index in [1.807, 2.05) is 19.2 Å². The lowest BCUT2D eigenvalue weighted by molar-refractivity contribution is 0.193. The zero-order valence-corrected chi connectivity index (χ0v) is 15.1. The number of imide groups is 1. The molecule has 0 bridgehead atoms. The van der Waals surface area contributed by atoms with Crippen molar-refractivity contribution in [3.8, 4) is 11.3 Å². The van der Waals surface area contributed by atoms with Crippen molar-refractivity contribution in [3.05, 3.63) is 36.3 Å². The van der Waals surface area contributed by atoms with Crippen molar-refractivity contribution < 1.29 is 18.0 Å². The van der Waals surface area contributed by atoms with Crippen molar-refractivity contribution in [2.75, 3.05) is 19.3 Å². The Morgan fingerprint density at radius 1 is 1.31 bits per heavy atom. The number of carbonyl (C=O) groups excluding carboxylic acids is 2. The highest BCUT2D eigenvalue weighted by molar-refractivity contribution is 7.88. The zero-order valence-electron chi connectivity index (χ0n) is 14.3. The maximum atomic E-state index is 12.2. The summed E-state index contributed by atoms with van der Waals surface area (Å²) >= 11 is 0. The van der Waals surface area contributed by atoms with Gasteiger partial charge in [0.25, 0.3) is 0 Å². The maximum Gasteiger partial charge on any atom is 0.341 e. The molecule has 1 aliphatic heterocycles. The predicted molar refractivity (Wildman–Crippen MR) is 92.3 cm³/mol. The highest BCUT2D eigenvalue weighted by Crippen LogP contribution is 2.18. The number of urea groups is 2. The van der Waals surface area contributed by atoms with Gasteiger partial charge in [0.2, 0.25) is 10.0 Å². The van der Waals surface area contributed by atoms with Gasteiger partial charge in [0, 0.05) is 37.7 Å². The number of nitrogens with zero attached hydrogens (tertiary/aromatic N) is 5. The molecule has 0 radical (unpaired) electrons. The summed E-state index contributed by atoms with van der Waals surface area (Å²) in [4.78, 5) is 29.3. The molecular formula is C15H18N6O4S. The van der Waals surface area contributed by atoms with Crippen LogP contribution in [0.3, 0.4) is 0 Å². The zero-order chi connectivity index (χ0) is 18.9. The second-order valence-electron chi connectivity index (χ2n) is 5.85. The van der Waals surface area contributed by atoms with Gasteiger partial charge in [-0.3, -0.25) is 9.67 Å². The minimum absolute atomic E-state index is 0.0189. The van der Waals surface area contributed by atoms with Gasteiger partial charge in [-0.2, -0.15) is 5.10 Å². The average molecular weight is 378 g/mol. The number of sulfonamides is 1. The van der Waals surface area contributed by atoms with E-state index in [1.165, 1.54) is 0 Å². The van der Waals surface area contributed by atoms with E-state index < -0.39 is 22.1 Å². The Bertz CT molecular complexity index is 955. The van der Waals surface area contributed by atoms with Crippen LogP contribution in [0.5, 0.6) is 0 Å². The first kappa shape index (κ1) is 17.9. The molecule has 138 valence electrons. The number of hydrogen-bond donors (Lipinski definition) is 1. The molecule has 0 saturated carbocycles. The van der Waals surface area contributed by atoms with Gasteiger partial charge in [-0.25, -0.2) is 27.2 Å². The van der Waals surface area contributed by atoms with E-state index >= 15 is 0 Å². The number of hydrogen-bond acceptors (Lipinski definition) is 6. The molecule has 1 saturated heterocycles. The van der Waals surface area contributed by atoms with E-state index in [0.29, 0.717) is 4.31 Å². The molecule has 26 heavy (non-hydrogen) atoms. The van der Waals surface area contributed by atoms with Gasteiger partial charge in [0.15, 0.2) is 0 Å². The minimum atomic E-state index is -3.68. The molecule has 0 atom stereocenters. The Labute approximate surface area is 150 Å². The van der Waals surface area contributed by atoms with Crippen LogP contribution in [0.25, 0.3) is 11.3 Å². The third-order valence-corrected chi connectivity index (χ3v) is 5.11. The Morgan fingerprint density at radius 2 is 2.08 bits per heavy atom. The Morgan fingerprint density at radius 3 is 2.69 bits per heavy atom. The van der Waals surface area contributed by atoms with Gasteiger partial charge in [-0.05, 0) is 17.7 Å². The molecule has 1 fully saturated rings. The van der Waals surface area contributed by atoms with E-state index in [9.17, 15) is 18.0 Å². The fourth-order valence-corrected chi connectivity index (χ4v) is 3.46. The third-order valence-electron chi connectivity index (χ3n) is 3.97. The molecule has 0 spiro atoms. The van der Waals surface area contributed by atoms with Crippen LogP contribution in [-0.4, -0.2) is 63.8 Å². The van der Waals surface area contributed by atoms with Gasteiger partial charge in [-0.15, -0.1) is 0 Å². The quantitative estimate of drug-likeness (QED) is 0.822. The van der Waals surface area contributed by atoms with Crippen LogP contribution in [0.4, 0.5) is 9.59 Å². The normalized spacial score (nSPS) is 14.8. The van der Waals surface area contributed by atoms with Crippen LogP contribution >= 0.6 is 0 Å². The summed E-state index contributed by atoms with van der Waals surface area (Å²) in [7, 11) is -1.86. The van der Waals surface area contributed by atoms with E-state index in [0.717, 1.165) is 28.0 Å². The van der Waals surface area contributed by atoms with Crippen molar-refractivity contribution in [2.45, 2.75) is 6.54 Å². The lowest BCUT2D eigenvalue weighted by Crippen LogP contribution is -2.43. The summed E-state index contributed by atoms with van der Waals surface area (Å²) in [5.74, 6) is 0. The number of aryl methyl sites for hydroxylation is 1. The van der Waals surface area contributed by atoms with Gasteiger partial charge in [0.1, 0.15) is 0 Å². The molecule has 0 aliphatic carbocycles.